The maximum Gasteiger partial charge on any atom is 0.296 e. The van der Waals surface area contributed by atoms with Crippen LogP contribution in [0.4, 0.5) is 5.13 Å². The summed E-state index contributed by atoms with van der Waals surface area (Å²) in [5.41, 5.74) is 1.37. The number of carbonyl (C=O) groups is 2. The molecule has 2 aromatic carbocycles. The lowest BCUT2D eigenvalue weighted by Crippen LogP contribution is -2.30. The molecule has 26 heavy (non-hydrogen) atoms. The van der Waals surface area contributed by atoms with E-state index in [1.165, 1.54) is 35.3 Å². The largest absolute Gasteiger partial charge is 0.508 e. The van der Waals surface area contributed by atoms with Gasteiger partial charge in [-0.25, -0.2) is 4.98 Å². The van der Waals surface area contributed by atoms with Gasteiger partial charge in [0.25, 0.3) is 5.91 Å². The average Bonchev–Trinajstić information content (AvgIpc) is 3.15. The van der Waals surface area contributed by atoms with Crippen LogP contribution in [0.3, 0.4) is 0 Å². The molecule has 0 unspecified atom stereocenters. The number of aliphatic hydroxyl groups excluding tert-OH is 1. The number of carbonyl (C=O) groups excluding carboxylic acids is 2. The van der Waals surface area contributed by atoms with Crippen molar-refractivity contribution < 1.29 is 19.8 Å². The molecule has 0 fully saturated rings. The van der Waals surface area contributed by atoms with Crippen LogP contribution >= 0.6 is 11.3 Å². The zero-order chi connectivity index (χ0) is 18.4. The number of aromatic hydroxyl groups is 1. The van der Waals surface area contributed by atoms with Gasteiger partial charge >= 0.3 is 0 Å². The van der Waals surface area contributed by atoms with Crippen LogP contribution < -0.4 is 4.90 Å². The van der Waals surface area contributed by atoms with Crippen LogP contribution in [0.15, 0.2) is 59.9 Å². The molecule has 0 bridgehead atoms. The summed E-state index contributed by atoms with van der Waals surface area (Å²) in [5.74, 6) is -1.54. The summed E-state index contributed by atoms with van der Waals surface area (Å²) in [6.07, 6.45) is 0. The van der Waals surface area contributed by atoms with E-state index in [-0.39, 0.29) is 11.3 Å². The summed E-state index contributed by atoms with van der Waals surface area (Å²) in [7, 11) is 0. The second-order valence-electron chi connectivity index (χ2n) is 5.95. The minimum absolute atomic E-state index is 0.0277. The first kappa shape index (κ1) is 16.3. The van der Waals surface area contributed by atoms with Crippen LogP contribution in [-0.4, -0.2) is 26.9 Å². The SMILES string of the molecule is CC(=O)C1=C(O)C(=O)N(c2nc3ccccc3s2)[C@H]1c1ccc(O)cc1. The fraction of sp³-hybridized carbons (Fsp3) is 0.105. The quantitative estimate of drug-likeness (QED) is 0.740. The van der Waals surface area contributed by atoms with Crippen molar-refractivity contribution in [2.24, 2.45) is 0 Å². The number of hydrogen-bond donors (Lipinski definition) is 2. The van der Waals surface area contributed by atoms with Crippen molar-refractivity contribution in [1.29, 1.82) is 0 Å². The number of Topliss-reactive ketones (excluding diaryl/α,β-unsaturated/α-hetero) is 1. The van der Waals surface area contributed by atoms with Gasteiger partial charge in [0.2, 0.25) is 0 Å². The zero-order valence-corrected chi connectivity index (χ0v) is 14.5. The highest BCUT2D eigenvalue weighted by Gasteiger charge is 2.44. The number of para-hydroxylation sites is 1. The van der Waals surface area contributed by atoms with Crippen molar-refractivity contribution in [3.05, 3.63) is 65.4 Å². The van der Waals surface area contributed by atoms with Crippen molar-refractivity contribution in [1.82, 2.24) is 4.98 Å². The number of thiazole rings is 1. The van der Waals surface area contributed by atoms with Crippen molar-refractivity contribution in [2.45, 2.75) is 13.0 Å². The first-order valence-electron chi connectivity index (χ1n) is 7.89. The molecule has 130 valence electrons. The normalized spacial score (nSPS) is 17.3. The first-order chi connectivity index (χ1) is 12.5. The Morgan fingerprint density at radius 2 is 1.81 bits per heavy atom. The third-order valence-electron chi connectivity index (χ3n) is 4.28. The molecule has 3 aromatic rings. The Morgan fingerprint density at radius 1 is 1.12 bits per heavy atom. The van der Waals surface area contributed by atoms with E-state index in [1.807, 2.05) is 24.3 Å². The summed E-state index contributed by atoms with van der Waals surface area (Å²) in [4.78, 5) is 30.7. The molecule has 1 aromatic heterocycles. The predicted molar refractivity (Wildman–Crippen MR) is 98.3 cm³/mol. The van der Waals surface area contributed by atoms with Gasteiger partial charge in [-0.05, 0) is 36.8 Å². The summed E-state index contributed by atoms with van der Waals surface area (Å²) >= 11 is 1.31. The lowest BCUT2D eigenvalue weighted by atomic mass is 9.97. The zero-order valence-electron chi connectivity index (χ0n) is 13.7. The summed E-state index contributed by atoms with van der Waals surface area (Å²) < 4.78 is 0.899. The van der Waals surface area contributed by atoms with Crippen LogP contribution in [0.5, 0.6) is 5.75 Å². The number of phenols is 1. The monoisotopic (exact) mass is 366 g/mol. The van der Waals surface area contributed by atoms with Crippen LogP contribution in [0, 0.1) is 0 Å². The number of anilines is 1. The number of hydrogen-bond acceptors (Lipinski definition) is 6. The number of amides is 1. The van der Waals surface area contributed by atoms with Gasteiger partial charge in [0.05, 0.1) is 21.8 Å². The Kier molecular flexibility index (Phi) is 3.73. The Balaban J connectivity index is 1.90. The minimum atomic E-state index is -0.791. The van der Waals surface area contributed by atoms with E-state index < -0.39 is 23.5 Å². The van der Waals surface area contributed by atoms with E-state index in [9.17, 15) is 19.8 Å². The molecule has 1 aliphatic heterocycles. The number of benzene rings is 2. The molecule has 4 rings (SSSR count). The molecule has 0 saturated carbocycles. The molecule has 6 nitrogen and oxygen atoms in total. The van der Waals surface area contributed by atoms with E-state index in [1.54, 1.807) is 12.1 Å². The molecule has 2 heterocycles. The van der Waals surface area contributed by atoms with E-state index in [2.05, 4.69) is 4.98 Å². The highest BCUT2D eigenvalue weighted by molar-refractivity contribution is 7.22. The molecule has 1 amide bonds. The Bertz CT molecular complexity index is 1040. The van der Waals surface area contributed by atoms with E-state index in [4.69, 9.17) is 0 Å². The molecule has 1 atom stereocenters. The summed E-state index contributed by atoms with van der Waals surface area (Å²) in [6.45, 7) is 1.31. The minimum Gasteiger partial charge on any atom is -0.508 e. The maximum absolute atomic E-state index is 12.7. The average molecular weight is 366 g/mol. The van der Waals surface area contributed by atoms with E-state index >= 15 is 0 Å². The number of aliphatic hydroxyl groups is 1. The molecule has 7 heteroatoms. The van der Waals surface area contributed by atoms with Crippen molar-refractivity contribution >= 4 is 38.4 Å². The fourth-order valence-electron chi connectivity index (χ4n) is 3.10. The Hall–Kier alpha value is -3.19. The second kappa shape index (κ2) is 5.96. The van der Waals surface area contributed by atoms with Crippen LogP contribution in [0.25, 0.3) is 10.2 Å². The number of phenolic OH excluding ortho intramolecular Hbond substituents is 1. The van der Waals surface area contributed by atoms with E-state index in [0.29, 0.717) is 10.7 Å². The number of rotatable bonds is 3. The number of aromatic nitrogens is 1. The fourth-order valence-corrected chi connectivity index (χ4v) is 4.09. The molecule has 1 aliphatic rings. The van der Waals surface area contributed by atoms with E-state index in [0.717, 1.165) is 10.2 Å². The van der Waals surface area contributed by atoms with Crippen molar-refractivity contribution in [3.63, 3.8) is 0 Å². The molecular weight excluding hydrogens is 352 g/mol. The van der Waals surface area contributed by atoms with Gasteiger partial charge < -0.3 is 10.2 Å². The van der Waals surface area contributed by atoms with Crippen LogP contribution in [0.1, 0.15) is 18.5 Å². The van der Waals surface area contributed by atoms with Crippen molar-refractivity contribution in [2.75, 3.05) is 4.90 Å². The van der Waals surface area contributed by atoms with Gasteiger partial charge in [0.1, 0.15) is 5.75 Å². The van der Waals surface area contributed by atoms with Gasteiger partial charge in [0, 0.05) is 0 Å². The number of fused-ring (bicyclic) bond motifs is 1. The molecule has 2 N–H and O–H groups in total. The van der Waals surface area contributed by atoms with Gasteiger partial charge in [-0.1, -0.05) is 35.6 Å². The third-order valence-corrected chi connectivity index (χ3v) is 5.32. The lowest BCUT2D eigenvalue weighted by Gasteiger charge is -2.24. The molecule has 0 radical (unpaired) electrons. The molecule has 0 saturated heterocycles. The maximum atomic E-state index is 12.7. The first-order valence-corrected chi connectivity index (χ1v) is 8.71. The topological polar surface area (TPSA) is 90.7 Å². The summed E-state index contributed by atoms with van der Waals surface area (Å²) in [5, 5.41) is 20.3. The Morgan fingerprint density at radius 3 is 2.46 bits per heavy atom. The number of ketones is 1. The smallest absolute Gasteiger partial charge is 0.296 e. The Labute approximate surface area is 152 Å². The molecule has 0 spiro atoms. The predicted octanol–water partition coefficient (Wildman–Crippen LogP) is 3.49. The van der Waals surface area contributed by atoms with Gasteiger partial charge in [-0.3, -0.25) is 14.5 Å². The highest BCUT2D eigenvalue weighted by Crippen LogP contribution is 2.43. The third kappa shape index (κ3) is 2.44. The van der Waals surface area contributed by atoms with Crippen molar-refractivity contribution in [3.8, 4) is 5.75 Å². The van der Waals surface area contributed by atoms with Gasteiger partial charge in [-0.15, -0.1) is 0 Å². The number of nitrogens with zero attached hydrogens (tertiary/aromatic N) is 2. The lowest BCUT2D eigenvalue weighted by molar-refractivity contribution is -0.117. The molecule has 0 aliphatic carbocycles. The second-order valence-corrected chi connectivity index (χ2v) is 6.96. The van der Waals surface area contributed by atoms with Crippen LogP contribution in [-0.2, 0) is 9.59 Å². The van der Waals surface area contributed by atoms with Gasteiger partial charge in [-0.2, -0.15) is 0 Å². The van der Waals surface area contributed by atoms with Crippen LogP contribution in [0.2, 0.25) is 0 Å². The standard InChI is InChI=1S/C19H14N2O4S/c1-10(22)15-16(11-6-8-12(23)9-7-11)21(18(25)17(15)24)19-20-13-4-2-3-5-14(13)26-19/h2-9,16,23-24H,1H3/t16-/m0/s1. The molecular formula is C19H14N2O4S. The summed E-state index contributed by atoms with van der Waals surface area (Å²) in [6, 6.07) is 12.9. The highest BCUT2D eigenvalue weighted by atomic mass is 32.1. The van der Waals surface area contributed by atoms with Gasteiger partial charge in [0.15, 0.2) is 16.7 Å².